The predicted octanol–water partition coefficient (Wildman–Crippen LogP) is -1.40. The van der Waals surface area contributed by atoms with E-state index in [2.05, 4.69) is 0 Å². The summed E-state index contributed by atoms with van der Waals surface area (Å²) in [7, 11) is 0. The van der Waals surface area contributed by atoms with Gasteiger partial charge in [-0.2, -0.15) is 0 Å². The Morgan fingerprint density at radius 3 is 2.31 bits per heavy atom. The minimum Gasteiger partial charge on any atom is -0.365 e. The number of hydrogen-bond donors (Lipinski definition) is 3. The Hall–Kier alpha value is -0.240. The molecule has 3 N–H and O–H groups in total. The van der Waals surface area contributed by atoms with Crippen molar-refractivity contribution in [1.29, 1.82) is 0 Å². The molecule has 0 aromatic heterocycles. The van der Waals surface area contributed by atoms with Crippen molar-refractivity contribution in [1.82, 2.24) is 0 Å². The fourth-order valence-corrected chi connectivity index (χ4v) is 2.31. The fourth-order valence-electron chi connectivity index (χ4n) is 2.31. The summed E-state index contributed by atoms with van der Waals surface area (Å²) in [6.45, 7) is 0. The second-order valence-corrected chi connectivity index (χ2v) is 3.90. The molecule has 13 heavy (non-hydrogen) atoms. The quantitative estimate of drug-likeness (QED) is 0.435. The van der Waals surface area contributed by atoms with Crippen LogP contribution < -0.4 is 0 Å². The summed E-state index contributed by atoms with van der Waals surface area (Å²) in [5.74, 6) is -5.32. The molecule has 4 atom stereocenters. The average Bonchev–Trinajstić information content (AvgIpc) is 1.71. The predicted molar refractivity (Wildman–Crippen MR) is 35.7 cm³/mol. The lowest BCUT2D eigenvalue weighted by Gasteiger charge is -2.58. The summed E-state index contributed by atoms with van der Waals surface area (Å²) in [5.41, 5.74) is 0. The van der Waals surface area contributed by atoms with E-state index >= 15 is 0 Å². The third kappa shape index (κ3) is 1.04. The van der Waals surface area contributed by atoms with Gasteiger partial charge in [-0.05, 0) is 0 Å². The van der Waals surface area contributed by atoms with Crippen LogP contribution in [0.3, 0.4) is 0 Å². The monoisotopic (exact) mass is 190 g/mol. The van der Waals surface area contributed by atoms with Gasteiger partial charge in [-0.1, -0.05) is 0 Å². The zero-order chi connectivity index (χ0) is 9.32. The Balaban J connectivity index is 2.03. The van der Waals surface area contributed by atoms with Crippen LogP contribution in [0.1, 0.15) is 19.3 Å². The lowest BCUT2D eigenvalue weighted by atomic mass is 9.91. The van der Waals surface area contributed by atoms with Crippen molar-refractivity contribution in [2.75, 3.05) is 0 Å². The molecule has 0 saturated carbocycles. The maximum Gasteiger partial charge on any atom is 0.290 e. The van der Waals surface area contributed by atoms with Crippen molar-refractivity contribution < 1.29 is 29.5 Å². The molecule has 74 valence electrons. The molecule has 0 radical (unpaired) electrons. The standard InChI is InChI=1S/C7H10O6/c8-5-1-4-2-6(9,12-5)13-7(10,3-5)11-4/h4,8-10H,1-3H2. The van der Waals surface area contributed by atoms with Crippen molar-refractivity contribution in [2.45, 2.75) is 43.1 Å². The molecule has 0 aromatic rings. The molecule has 4 aliphatic rings. The molecule has 0 aliphatic carbocycles. The number of aliphatic hydroxyl groups is 3. The first-order valence-electron chi connectivity index (χ1n) is 4.16. The molecule has 4 aliphatic heterocycles. The molecule has 6 heteroatoms. The lowest BCUT2D eigenvalue weighted by molar-refractivity contribution is -0.620. The summed E-state index contributed by atoms with van der Waals surface area (Å²) < 4.78 is 14.8. The number of rotatable bonds is 0. The highest BCUT2D eigenvalue weighted by atomic mass is 17.0. The minimum absolute atomic E-state index is 0.109. The SMILES string of the molecule is OC12CC3CC(O)(O1)OC(O)(C2)O3. The van der Waals surface area contributed by atoms with Crippen LogP contribution in [0, 0.1) is 0 Å². The van der Waals surface area contributed by atoms with Gasteiger partial charge in [-0.3, -0.25) is 9.47 Å². The van der Waals surface area contributed by atoms with E-state index in [9.17, 15) is 15.3 Å². The zero-order valence-corrected chi connectivity index (χ0v) is 6.77. The molecule has 0 amide bonds. The highest BCUT2D eigenvalue weighted by Crippen LogP contribution is 2.52. The van der Waals surface area contributed by atoms with E-state index in [0.29, 0.717) is 0 Å². The molecule has 0 spiro atoms. The smallest absolute Gasteiger partial charge is 0.290 e. The maximum absolute atomic E-state index is 9.73. The van der Waals surface area contributed by atoms with E-state index in [4.69, 9.17) is 14.2 Å². The topological polar surface area (TPSA) is 88.4 Å². The molecule has 4 saturated heterocycles. The Morgan fingerprint density at radius 1 is 1.00 bits per heavy atom. The van der Waals surface area contributed by atoms with Gasteiger partial charge in [0.1, 0.15) is 0 Å². The average molecular weight is 190 g/mol. The van der Waals surface area contributed by atoms with Crippen LogP contribution in [0.5, 0.6) is 0 Å². The Morgan fingerprint density at radius 2 is 1.77 bits per heavy atom. The summed E-state index contributed by atoms with van der Waals surface area (Å²) in [5, 5.41) is 28.9. The zero-order valence-electron chi connectivity index (χ0n) is 6.77. The van der Waals surface area contributed by atoms with Crippen LogP contribution in [0.15, 0.2) is 0 Å². The first-order chi connectivity index (χ1) is 5.91. The van der Waals surface area contributed by atoms with Crippen molar-refractivity contribution in [3.8, 4) is 0 Å². The van der Waals surface area contributed by atoms with Crippen molar-refractivity contribution >= 4 is 0 Å². The van der Waals surface area contributed by atoms with E-state index in [1.165, 1.54) is 0 Å². The minimum atomic E-state index is -1.90. The molecule has 4 bridgehead atoms. The number of hydrogen-bond acceptors (Lipinski definition) is 6. The van der Waals surface area contributed by atoms with Crippen LogP contribution in [0.25, 0.3) is 0 Å². The van der Waals surface area contributed by atoms with Crippen molar-refractivity contribution in [3.63, 3.8) is 0 Å². The molecular weight excluding hydrogens is 180 g/mol. The molecule has 0 aromatic carbocycles. The molecule has 4 unspecified atom stereocenters. The van der Waals surface area contributed by atoms with Crippen LogP contribution in [-0.2, 0) is 14.2 Å². The van der Waals surface area contributed by atoms with Crippen molar-refractivity contribution in [3.05, 3.63) is 0 Å². The Kier molecular flexibility index (Phi) is 1.18. The Labute approximate surface area is 73.6 Å². The van der Waals surface area contributed by atoms with E-state index in [1.807, 2.05) is 0 Å². The van der Waals surface area contributed by atoms with Crippen LogP contribution in [0.2, 0.25) is 0 Å². The van der Waals surface area contributed by atoms with Crippen molar-refractivity contribution in [2.24, 2.45) is 0 Å². The van der Waals surface area contributed by atoms with Gasteiger partial charge < -0.3 is 20.1 Å². The van der Waals surface area contributed by atoms with Gasteiger partial charge in [0.2, 0.25) is 0 Å². The van der Waals surface area contributed by atoms with E-state index in [-0.39, 0.29) is 19.3 Å². The van der Waals surface area contributed by atoms with Crippen LogP contribution >= 0.6 is 0 Å². The Bertz CT molecular complexity index is 215. The van der Waals surface area contributed by atoms with Gasteiger partial charge in [0.05, 0.1) is 18.9 Å². The number of ether oxygens (including phenoxy) is 3. The van der Waals surface area contributed by atoms with Crippen LogP contribution in [-0.4, -0.2) is 39.2 Å². The maximum atomic E-state index is 9.73. The third-order valence-electron chi connectivity index (χ3n) is 2.55. The first-order valence-corrected chi connectivity index (χ1v) is 4.16. The molecule has 4 fully saturated rings. The van der Waals surface area contributed by atoms with Gasteiger partial charge in [-0.15, -0.1) is 0 Å². The van der Waals surface area contributed by atoms with E-state index in [1.54, 1.807) is 0 Å². The molecule has 6 nitrogen and oxygen atoms in total. The van der Waals surface area contributed by atoms with Crippen LogP contribution in [0.4, 0.5) is 0 Å². The second kappa shape index (κ2) is 1.90. The van der Waals surface area contributed by atoms with E-state index in [0.717, 1.165) is 0 Å². The summed E-state index contributed by atoms with van der Waals surface area (Å²) in [6, 6.07) is 0. The molecular formula is C7H10O6. The van der Waals surface area contributed by atoms with Gasteiger partial charge in [-0.25, -0.2) is 0 Å². The highest BCUT2D eigenvalue weighted by molar-refractivity contribution is 4.94. The fraction of sp³-hybridized carbons (Fsp3) is 1.00. The molecule has 4 heterocycles. The van der Waals surface area contributed by atoms with E-state index < -0.39 is 23.8 Å². The summed E-state index contributed by atoms with van der Waals surface area (Å²) in [6.07, 6.45) is -0.256. The summed E-state index contributed by atoms with van der Waals surface area (Å²) >= 11 is 0. The van der Waals surface area contributed by atoms with Gasteiger partial charge in [0, 0.05) is 6.42 Å². The second-order valence-electron chi connectivity index (χ2n) is 3.90. The lowest BCUT2D eigenvalue weighted by Crippen LogP contribution is -2.72. The highest BCUT2D eigenvalue weighted by Gasteiger charge is 2.66. The first kappa shape index (κ1) is 8.10. The van der Waals surface area contributed by atoms with Gasteiger partial charge >= 0.3 is 0 Å². The summed E-state index contributed by atoms with van der Waals surface area (Å²) in [4.78, 5) is 0. The largest absolute Gasteiger partial charge is 0.365 e. The third-order valence-corrected chi connectivity index (χ3v) is 2.55. The normalized spacial score (nSPS) is 64.4. The van der Waals surface area contributed by atoms with Gasteiger partial charge in [0.25, 0.3) is 11.9 Å². The molecule has 4 rings (SSSR count). The van der Waals surface area contributed by atoms with Gasteiger partial charge in [0.15, 0.2) is 5.79 Å².